The third-order valence-electron chi connectivity index (χ3n) is 1.62. The van der Waals surface area contributed by atoms with Gasteiger partial charge in [-0.25, -0.2) is 0 Å². The van der Waals surface area contributed by atoms with Crippen LogP contribution in [0.3, 0.4) is 0 Å². The Labute approximate surface area is 90.2 Å². The van der Waals surface area contributed by atoms with Gasteiger partial charge in [-0.1, -0.05) is 0 Å². The molecule has 0 bridgehead atoms. The number of halogens is 4. The number of nitrogen functional groups attached to an aromatic ring is 1. The highest BCUT2D eigenvalue weighted by atomic mass is 79.9. The second kappa shape index (κ2) is 3.69. The molecule has 1 aromatic rings. The molecule has 0 aliphatic carbocycles. The van der Waals surface area contributed by atoms with Crippen molar-refractivity contribution >= 4 is 27.3 Å². The normalized spacial score (nSPS) is 11.5. The Kier molecular flexibility index (Phi) is 2.89. The average Bonchev–Trinajstić information content (AvgIpc) is 2.06. The van der Waals surface area contributed by atoms with Crippen molar-refractivity contribution in [2.45, 2.75) is 6.18 Å². The zero-order chi connectivity index (χ0) is 11.8. The maximum absolute atomic E-state index is 12.3. The first-order valence-corrected chi connectivity index (χ1v) is 4.33. The van der Waals surface area contributed by atoms with Gasteiger partial charge in [0.15, 0.2) is 0 Å². The number of anilines is 1. The van der Waals surface area contributed by atoms with Gasteiger partial charge in [0.2, 0.25) is 0 Å². The zero-order valence-corrected chi connectivity index (χ0v) is 8.59. The van der Waals surface area contributed by atoms with E-state index in [9.17, 15) is 23.3 Å². The lowest BCUT2D eigenvalue weighted by Gasteiger charge is -2.08. The Hall–Kier alpha value is -1.31. The summed E-state index contributed by atoms with van der Waals surface area (Å²) in [6, 6.07) is 1.26. The molecule has 0 unspecified atom stereocenters. The third-order valence-corrected chi connectivity index (χ3v) is 2.30. The summed E-state index contributed by atoms with van der Waals surface area (Å²) in [6.45, 7) is 0. The number of hydrogen-bond acceptors (Lipinski definition) is 3. The van der Waals surface area contributed by atoms with Gasteiger partial charge in [0, 0.05) is 16.2 Å². The van der Waals surface area contributed by atoms with E-state index >= 15 is 0 Å². The first kappa shape index (κ1) is 11.8. The molecule has 0 heterocycles. The largest absolute Gasteiger partial charge is 0.423 e. The molecule has 0 amide bonds. The minimum absolute atomic E-state index is 0.0576. The van der Waals surface area contributed by atoms with Gasteiger partial charge in [0.25, 0.3) is 5.69 Å². The Morgan fingerprint density at radius 2 is 1.93 bits per heavy atom. The fourth-order valence-electron chi connectivity index (χ4n) is 0.958. The van der Waals surface area contributed by atoms with Crippen LogP contribution in [0.25, 0.3) is 0 Å². The summed E-state index contributed by atoms with van der Waals surface area (Å²) in [5, 5.41) is 10.4. The van der Waals surface area contributed by atoms with Crippen molar-refractivity contribution in [3.63, 3.8) is 0 Å². The molecule has 0 atom stereocenters. The van der Waals surface area contributed by atoms with Gasteiger partial charge in [-0.15, -0.1) is 0 Å². The second-order valence-electron chi connectivity index (χ2n) is 2.65. The van der Waals surface area contributed by atoms with Crippen LogP contribution in [0.5, 0.6) is 0 Å². The lowest BCUT2D eigenvalue weighted by Crippen LogP contribution is -2.09. The molecule has 1 aromatic carbocycles. The van der Waals surface area contributed by atoms with Crippen LogP contribution in [0.15, 0.2) is 16.6 Å². The lowest BCUT2D eigenvalue weighted by atomic mass is 10.1. The fourth-order valence-corrected chi connectivity index (χ4v) is 1.29. The summed E-state index contributed by atoms with van der Waals surface area (Å²) in [6.07, 6.45) is -4.79. The van der Waals surface area contributed by atoms with E-state index in [4.69, 9.17) is 5.73 Å². The van der Waals surface area contributed by atoms with Crippen molar-refractivity contribution in [2.75, 3.05) is 5.73 Å². The molecule has 0 fully saturated rings. The number of nitro benzene ring substituents is 1. The molecule has 0 saturated heterocycles. The summed E-state index contributed by atoms with van der Waals surface area (Å²) in [7, 11) is 0. The van der Waals surface area contributed by atoms with Crippen molar-refractivity contribution in [1.82, 2.24) is 0 Å². The maximum Gasteiger partial charge on any atom is 0.423 e. The highest BCUT2D eigenvalue weighted by molar-refractivity contribution is 9.10. The molecule has 0 aliphatic heterocycles. The predicted molar refractivity (Wildman–Crippen MR) is 50.2 cm³/mol. The fraction of sp³-hybridized carbons (Fsp3) is 0.143. The predicted octanol–water partition coefficient (Wildman–Crippen LogP) is 2.96. The van der Waals surface area contributed by atoms with Crippen LogP contribution in [0.2, 0.25) is 0 Å². The molecular weight excluding hydrogens is 281 g/mol. The Morgan fingerprint density at radius 1 is 1.40 bits per heavy atom. The van der Waals surface area contributed by atoms with E-state index in [0.29, 0.717) is 6.07 Å². The van der Waals surface area contributed by atoms with Gasteiger partial charge in [-0.3, -0.25) is 10.1 Å². The quantitative estimate of drug-likeness (QED) is 0.490. The number of nitrogens with zero attached hydrogens (tertiary/aromatic N) is 1. The van der Waals surface area contributed by atoms with Crippen molar-refractivity contribution in [1.29, 1.82) is 0 Å². The van der Waals surface area contributed by atoms with E-state index in [0.717, 1.165) is 6.07 Å². The van der Waals surface area contributed by atoms with E-state index in [1.165, 1.54) is 0 Å². The number of nitrogens with two attached hydrogens (primary N) is 1. The molecule has 0 saturated carbocycles. The van der Waals surface area contributed by atoms with Crippen LogP contribution in [0.1, 0.15) is 5.56 Å². The topological polar surface area (TPSA) is 69.2 Å². The molecule has 0 aliphatic rings. The van der Waals surface area contributed by atoms with Crippen LogP contribution in [0.4, 0.5) is 24.5 Å². The standard InChI is InChI=1S/C7H4BrF3N2O2/c8-4-2-6(13(14)15)3(1-5(4)12)7(9,10)11/h1-2H,12H2. The summed E-state index contributed by atoms with van der Waals surface area (Å²) in [5.74, 6) is 0. The van der Waals surface area contributed by atoms with E-state index in [2.05, 4.69) is 15.9 Å². The van der Waals surface area contributed by atoms with Crippen LogP contribution in [-0.2, 0) is 6.18 Å². The van der Waals surface area contributed by atoms with Gasteiger partial charge in [-0.2, -0.15) is 13.2 Å². The van der Waals surface area contributed by atoms with Crippen molar-refractivity contribution in [3.05, 3.63) is 32.3 Å². The molecule has 0 spiro atoms. The van der Waals surface area contributed by atoms with Gasteiger partial charge in [0.05, 0.1) is 4.92 Å². The Bertz CT molecular complexity index is 419. The lowest BCUT2D eigenvalue weighted by molar-refractivity contribution is -0.388. The molecule has 2 N–H and O–H groups in total. The molecule has 0 radical (unpaired) electrons. The van der Waals surface area contributed by atoms with Crippen molar-refractivity contribution in [3.8, 4) is 0 Å². The van der Waals surface area contributed by atoms with E-state index < -0.39 is 22.4 Å². The molecule has 15 heavy (non-hydrogen) atoms. The van der Waals surface area contributed by atoms with Gasteiger partial charge in [-0.05, 0) is 22.0 Å². The molecule has 1 rings (SSSR count). The van der Waals surface area contributed by atoms with Gasteiger partial charge in [0.1, 0.15) is 5.56 Å². The molecular formula is C7H4BrF3N2O2. The van der Waals surface area contributed by atoms with Crippen molar-refractivity contribution < 1.29 is 18.1 Å². The maximum atomic E-state index is 12.3. The summed E-state index contributed by atoms with van der Waals surface area (Å²) < 4.78 is 37.1. The second-order valence-corrected chi connectivity index (χ2v) is 3.50. The van der Waals surface area contributed by atoms with Crippen LogP contribution in [0, 0.1) is 10.1 Å². The smallest absolute Gasteiger partial charge is 0.398 e. The van der Waals surface area contributed by atoms with Crippen LogP contribution < -0.4 is 5.73 Å². The van der Waals surface area contributed by atoms with E-state index in [1.54, 1.807) is 0 Å². The third kappa shape index (κ3) is 2.38. The average molecular weight is 285 g/mol. The van der Waals surface area contributed by atoms with Crippen molar-refractivity contribution in [2.24, 2.45) is 0 Å². The molecule has 0 aromatic heterocycles. The van der Waals surface area contributed by atoms with Crippen LogP contribution in [-0.4, -0.2) is 4.92 Å². The van der Waals surface area contributed by atoms with E-state index in [1.807, 2.05) is 0 Å². The van der Waals surface area contributed by atoms with Gasteiger partial charge >= 0.3 is 6.18 Å². The van der Waals surface area contributed by atoms with Crippen LogP contribution >= 0.6 is 15.9 Å². The minimum Gasteiger partial charge on any atom is -0.398 e. The number of benzene rings is 1. The van der Waals surface area contributed by atoms with Gasteiger partial charge < -0.3 is 5.73 Å². The number of rotatable bonds is 1. The number of alkyl halides is 3. The first-order chi connectivity index (χ1) is 6.73. The summed E-state index contributed by atoms with van der Waals surface area (Å²) in [5.41, 5.74) is 2.64. The highest BCUT2D eigenvalue weighted by Crippen LogP contribution is 2.39. The number of nitro groups is 1. The molecule has 4 nitrogen and oxygen atoms in total. The van der Waals surface area contributed by atoms with E-state index in [-0.39, 0.29) is 10.2 Å². The molecule has 82 valence electrons. The summed E-state index contributed by atoms with van der Waals surface area (Å²) >= 11 is 2.82. The summed E-state index contributed by atoms with van der Waals surface area (Å²) in [4.78, 5) is 9.27. The first-order valence-electron chi connectivity index (χ1n) is 3.54. The monoisotopic (exact) mass is 284 g/mol. The highest BCUT2D eigenvalue weighted by Gasteiger charge is 2.38. The SMILES string of the molecule is Nc1cc(C(F)(F)F)c([N+](=O)[O-])cc1Br. The molecule has 8 heteroatoms. The Balaban J connectivity index is 3.49. The Morgan fingerprint density at radius 3 is 2.33 bits per heavy atom. The minimum atomic E-state index is -4.79. The zero-order valence-electron chi connectivity index (χ0n) is 7.01. The number of hydrogen-bond donors (Lipinski definition) is 1.